The molecule has 204 valence electrons. The number of hydrogen-bond donors (Lipinski definition) is 4. The first-order valence-electron chi connectivity index (χ1n) is 11.7. The fraction of sp³-hybridized carbons (Fsp3) is 0.231. The SMILES string of the molecule is COc1cc(Cc2cnc(N)nc2N)c2cc(CNc3c(C(=O)N(C)C(N)=O)ccc(Cl)c3C)oc2c1OC. The summed E-state index contributed by atoms with van der Waals surface area (Å²) in [5.74, 6) is 1.19. The van der Waals surface area contributed by atoms with Gasteiger partial charge in [0.15, 0.2) is 11.3 Å². The van der Waals surface area contributed by atoms with Gasteiger partial charge in [0, 0.05) is 35.6 Å². The van der Waals surface area contributed by atoms with Crippen LogP contribution in [-0.2, 0) is 13.0 Å². The van der Waals surface area contributed by atoms with Crippen LogP contribution in [0.1, 0.15) is 32.8 Å². The van der Waals surface area contributed by atoms with E-state index in [2.05, 4.69) is 15.3 Å². The molecule has 2 heterocycles. The molecule has 0 bridgehead atoms. The number of ether oxygens (including phenoxy) is 2. The molecule has 0 radical (unpaired) electrons. The van der Waals surface area contributed by atoms with Gasteiger partial charge in [-0.25, -0.2) is 9.78 Å². The van der Waals surface area contributed by atoms with Crippen molar-refractivity contribution in [3.05, 3.63) is 63.5 Å². The third kappa shape index (κ3) is 5.32. The van der Waals surface area contributed by atoms with Crippen LogP contribution in [0.25, 0.3) is 11.0 Å². The normalized spacial score (nSPS) is 10.9. The number of fused-ring (bicyclic) bond motifs is 1. The zero-order chi connectivity index (χ0) is 28.4. The molecule has 0 atom stereocenters. The van der Waals surface area contributed by atoms with Crippen molar-refractivity contribution in [3.8, 4) is 11.5 Å². The number of anilines is 3. The van der Waals surface area contributed by atoms with Crippen molar-refractivity contribution >= 4 is 52.0 Å². The molecule has 0 fully saturated rings. The van der Waals surface area contributed by atoms with Gasteiger partial charge in [0.05, 0.1) is 32.0 Å². The molecule has 3 amide bonds. The van der Waals surface area contributed by atoms with E-state index in [0.29, 0.717) is 51.1 Å². The highest BCUT2D eigenvalue weighted by Gasteiger charge is 2.23. The number of furan rings is 1. The summed E-state index contributed by atoms with van der Waals surface area (Å²) in [4.78, 5) is 33.4. The molecular formula is C26H28ClN7O5. The zero-order valence-corrected chi connectivity index (χ0v) is 22.5. The maximum Gasteiger partial charge on any atom is 0.321 e. The van der Waals surface area contributed by atoms with Crippen molar-refractivity contribution < 1.29 is 23.5 Å². The highest BCUT2D eigenvalue weighted by molar-refractivity contribution is 6.32. The van der Waals surface area contributed by atoms with Crippen molar-refractivity contribution in [3.63, 3.8) is 0 Å². The van der Waals surface area contributed by atoms with E-state index < -0.39 is 11.9 Å². The number of carbonyl (C=O) groups is 2. The maximum atomic E-state index is 12.9. The summed E-state index contributed by atoms with van der Waals surface area (Å²) in [6.45, 7) is 1.93. The van der Waals surface area contributed by atoms with Gasteiger partial charge >= 0.3 is 6.03 Å². The number of carbonyl (C=O) groups excluding carboxylic acids is 2. The van der Waals surface area contributed by atoms with Gasteiger partial charge in [0.2, 0.25) is 11.7 Å². The van der Waals surface area contributed by atoms with Crippen LogP contribution in [0.4, 0.5) is 22.2 Å². The van der Waals surface area contributed by atoms with E-state index in [9.17, 15) is 9.59 Å². The number of nitrogen functional groups attached to an aromatic ring is 2. The summed E-state index contributed by atoms with van der Waals surface area (Å²) in [6, 6.07) is 5.92. The molecule has 13 heteroatoms. The van der Waals surface area contributed by atoms with Gasteiger partial charge in [0.1, 0.15) is 11.6 Å². The minimum Gasteiger partial charge on any atom is -0.493 e. The lowest BCUT2D eigenvalue weighted by Crippen LogP contribution is -2.37. The van der Waals surface area contributed by atoms with Crippen LogP contribution in [-0.4, -0.2) is 48.1 Å². The second-order valence-corrected chi connectivity index (χ2v) is 9.10. The van der Waals surface area contributed by atoms with Crippen molar-refractivity contribution in [1.29, 1.82) is 0 Å². The number of primary amides is 1. The van der Waals surface area contributed by atoms with Gasteiger partial charge in [-0.15, -0.1) is 0 Å². The van der Waals surface area contributed by atoms with Gasteiger partial charge in [-0.1, -0.05) is 11.6 Å². The third-order valence-electron chi connectivity index (χ3n) is 6.29. The highest BCUT2D eigenvalue weighted by atomic mass is 35.5. The topological polar surface area (TPSA) is 185 Å². The highest BCUT2D eigenvalue weighted by Crippen LogP contribution is 2.41. The van der Waals surface area contributed by atoms with Gasteiger partial charge in [-0.05, 0) is 42.3 Å². The maximum absolute atomic E-state index is 12.9. The number of rotatable bonds is 8. The number of amides is 3. The van der Waals surface area contributed by atoms with Crippen molar-refractivity contribution in [2.45, 2.75) is 19.9 Å². The summed E-state index contributed by atoms with van der Waals surface area (Å²) in [5, 5.41) is 4.42. The average molecular weight is 554 g/mol. The quantitative estimate of drug-likeness (QED) is 0.250. The number of nitrogens with zero attached hydrogens (tertiary/aromatic N) is 3. The van der Waals surface area contributed by atoms with Crippen molar-refractivity contribution in [2.75, 3.05) is 38.1 Å². The zero-order valence-electron chi connectivity index (χ0n) is 21.8. The number of halogens is 1. The van der Waals surface area contributed by atoms with E-state index in [1.807, 2.05) is 12.1 Å². The number of urea groups is 1. The number of nitrogens with one attached hydrogen (secondary N) is 1. The summed E-state index contributed by atoms with van der Waals surface area (Å²) in [6.07, 6.45) is 1.95. The first-order chi connectivity index (χ1) is 18.5. The lowest BCUT2D eigenvalue weighted by Gasteiger charge is -2.18. The molecule has 12 nitrogen and oxygen atoms in total. The van der Waals surface area contributed by atoms with Crippen LogP contribution in [0.5, 0.6) is 11.5 Å². The Hall–Kier alpha value is -4.71. The molecule has 4 rings (SSSR count). The Balaban J connectivity index is 1.74. The molecule has 0 spiro atoms. The van der Waals surface area contributed by atoms with Crippen molar-refractivity contribution in [1.82, 2.24) is 14.9 Å². The minimum atomic E-state index is -0.878. The summed E-state index contributed by atoms with van der Waals surface area (Å²) in [5.41, 5.74) is 20.3. The Morgan fingerprint density at radius 3 is 2.54 bits per heavy atom. The summed E-state index contributed by atoms with van der Waals surface area (Å²) >= 11 is 6.33. The second kappa shape index (κ2) is 11.0. The number of hydrogen-bond acceptors (Lipinski definition) is 10. The molecule has 2 aromatic heterocycles. The number of benzene rings is 2. The van der Waals surface area contributed by atoms with Crippen molar-refractivity contribution in [2.24, 2.45) is 5.73 Å². The Kier molecular flexibility index (Phi) is 7.68. The van der Waals surface area contributed by atoms with Crippen LogP contribution in [0.15, 0.2) is 34.9 Å². The van der Waals surface area contributed by atoms with Crippen LogP contribution >= 0.6 is 11.6 Å². The van der Waals surface area contributed by atoms with E-state index in [0.717, 1.165) is 15.8 Å². The van der Waals surface area contributed by atoms with Crippen LogP contribution < -0.4 is 32.0 Å². The number of imide groups is 1. The molecule has 0 aliphatic heterocycles. The van der Waals surface area contributed by atoms with Gasteiger partial charge < -0.3 is 36.4 Å². The first-order valence-corrected chi connectivity index (χ1v) is 12.1. The standard InChI is InChI=1S/C26H28ClN7O5/c1-12-18(27)6-5-16(24(35)34(2)26(30)36)20(12)31-11-15-9-17-13(7-14-10-32-25(29)33-23(14)28)8-19(37-3)22(38-4)21(17)39-15/h5-6,8-10,31H,7,11H2,1-4H3,(H2,30,36)(H4,28,29,32,33). The average Bonchev–Trinajstić information content (AvgIpc) is 3.34. The van der Waals surface area contributed by atoms with E-state index in [1.165, 1.54) is 27.3 Å². The smallest absolute Gasteiger partial charge is 0.321 e. The molecule has 7 N–H and O–H groups in total. The Morgan fingerprint density at radius 2 is 1.90 bits per heavy atom. The lowest BCUT2D eigenvalue weighted by molar-refractivity contribution is 0.0838. The lowest BCUT2D eigenvalue weighted by atomic mass is 10.0. The van der Waals surface area contributed by atoms with Crippen LogP contribution in [0.3, 0.4) is 0 Å². The van der Waals surface area contributed by atoms with Gasteiger partial charge in [-0.2, -0.15) is 4.98 Å². The third-order valence-corrected chi connectivity index (χ3v) is 6.70. The summed E-state index contributed by atoms with van der Waals surface area (Å²) in [7, 11) is 4.35. The molecule has 0 saturated heterocycles. The fourth-order valence-electron chi connectivity index (χ4n) is 4.17. The predicted octanol–water partition coefficient (Wildman–Crippen LogP) is 3.72. The van der Waals surface area contributed by atoms with E-state index in [4.69, 9.17) is 42.7 Å². The molecule has 39 heavy (non-hydrogen) atoms. The number of methoxy groups -OCH3 is 2. The molecule has 4 aromatic rings. The number of nitrogens with two attached hydrogens (primary N) is 3. The molecule has 0 aliphatic rings. The monoisotopic (exact) mass is 553 g/mol. The summed E-state index contributed by atoms with van der Waals surface area (Å²) < 4.78 is 17.3. The van der Waals surface area contributed by atoms with E-state index in [-0.39, 0.29) is 23.9 Å². The number of aromatic nitrogens is 2. The Labute approximate surface area is 229 Å². The minimum absolute atomic E-state index is 0.0848. The van der Waals surface area contributed by atoms with Gasteiger partial charge in [-0.3, -0.25) is 9.69 Å². The molecular weight excluding hydrogens is 526 g/mol. The van der Waals surface area contributed by atoms with Gasteiger partial charge in [0.25, 0.3) is 5.91 Å². The Bertz CT molecular complexity index is 1590. The van der Waals surface area contributed by atoms with E-state index in [1.54, 1.807) is 19.2 Å². The van der Waals surface area contributed by atoms with Crippen LogP contribution in [0.2, 0.25) is 5.02 Å². The largest absolute Gasteiger partial charge is 0.493 e. The molecule has 0 unspecified atom stereocenters. The first kappa shape index (κ1) is 27.3. The molecule has 2 aromatic carbocycles. The second-order valence-electron chi connectivity index (χ2n) is 8.69. The predicted molar refractivity (Wildman–Crippen MR) is 148 cm³/mol. The molecule has 0 aliphatic carbocycles. The Morgan fingerprint density at radius 1 is 1.15 bits per heavy atom. The molecule has 0 saturated carbocycles. The van der Waals surface area contributed by atoms with Crippen LogP contribution in [0, 0.1) is 6.92 Å². The fourth-order valence-corrected chi connectivity index (χ4v) is 4.32. The van der Waals surface area contributed by atoms with E-state index >= 15 is 0 Å².